The molecule has 0 aromatic heterocycles. The van der Waals surface area contributed by atoms with E-state index in [1.807, 2.05) is 0 Å². The van der Waals surface area contributed by atoms with Crippen molar-refractivity contribution in [3.63, 3.8) is 0 Å². The number of hydrogen-bond donors (Lipinski definition) is 0. The summed E-state index contributed by atoms with van der Waals surface area (Å²) in [7, 11) is -1.88. The highest BCUT2D eigenvalue weighted by Gasteiger charge is 2.47. The molecule has 0 aromatic carbocycles. The van der Waals surface area contributed by atoms with E-state index >= 15 is 0 Å². The second kappa shape index (κ2) is 5.93. The van der Waals surface area contributed by atoms with E-state index in [2.05, 4.69) is 27.7 Å². The van der Waals surface area contributed by atoms with Gasteiger partial charge in [-0.05, 0) is 59.8 Å². The predicted octanol–water partition coefficient (Wildman–Crippen LogP) is 6.14. The minimum atomic E-state index is -0.956. The predicted molar refractivity (Wildman–Crippen MR) is 95.2 cm³/mol. The van der Waals surface area contributed by atoms with E-state index in [0.717, 1.165) is 22.6 Å². The van der Waals surface area contributed by atoms with Crippen molar-refractivity contribution in [2.45, 2.75) is 82.4 Å². The van der Waals surface area contributed by atoms with E-state index in [4.69, 9.17) is 13.3 Å². The molecule has 2 saturated heterocycles. The van der Waals surface area contributed by atoms with Gasteiger partial charge in [-0.15, -0.1) is 14.5 Å². The molecule has 0 radical (unpaired) electrons. The normalized spacial score (nSPS) is 41.4. The molecular formula is C17H34P2. The molecule has 19 heavy (non-hydrogen) atoms. The zero-order chi connectivity index (χ0) is 14.3. The van der Waals surface area contributed by atoms with Crippen LogP contribution in [-0.2, 0) is 0 Å². The van der Waals surface area contributed by atoms with E-state index in [0.29, 0.717) is 0 Å². The third kappa shape index (κ3) is 2.92. The smallest absolute Gasteiger partial charge is 0.0642 e. The first kappa shape index (κ1) is 16.2. The van der Waals surface area contributed by atoms with Gasteiger partial charge in [0.1, 0.15) is 0 Å². The van der Waals surface area contributed by atoms with Gasteiger partial charge < -0.3 is 0 Å². The molecule has 2 heteroatoms. The maximum atomic E-state index is 4.83. The van der Waals surface area contributed by atoms with E-state index < -0.39 is 14.5 Å². The van der Waals surface area contributed by atoms with Crippen LogP contribution in [0.1, 0.15) is 59.8 Å². The molecule has 0 nitrogen and oxygen atoms in total. The van der Waals surface area contributed by atoms with Crippen molar-refractivity contribution in [3.8, 4) is 0 Å². The first-order valence-electron chi connectivity index (χ1n) is 8.24. The molecule has 112 valence electrons. The quantitative estimate of drug-likeness (QED) is 0.434. The van der Waals surface area contributed by atoms with Crippen LogP contribution >= 0.6 is 14.5 Å². The van der Waals surface area contributed by atoms with Gasteiger partial charge in [0.05, 0.1) is 12.3 Å². The van der Waals surface area contributed by atoms with Crippen molar-refractivity contribution >= 4 is 14.5 Å². The number of hydrogen-bond acceptors (Lipinski definition) is 0. The monoisotopic (exact) mass is 300 g/mol. The second-order valence-corrected chi connectivity index (χ2v) is 16.4. The fraction of sp³-hybridized carbons (Fsp3) is 0.882. The molecule has 0 saturated carbocycles. The summed E-state index contributed by atoms with van der Waals surface area (Å²) in [5.41, 5.74) is 3.67. The maximum absolute atomic E-state index is 4.83. The molecule has 0 unspecified atom stereocenters. The van der Waals surface area contributed by atoms with Crippen LogP contribution in [0.15, 0.2) is 0 Å². The van der Waals surface area contributed by atoms with Crippen molar-refractivity contribution < 1.29 is 0 Å². The van der Waals surface area contributed by atoms with Crippen LogP contribution in [0.5, 0.6) is 0 Å². The summed E-state index contributed by atoms with van der Waals surface area (Å²) >= 11 is 0. The second-order valence-electron chi connectivity index (χ2n) is 7.56. The average Bonchev–Trinajstić information content (AvgIpc) is 2.62. The van der Waals surface area contributed by atoms with Crippen molar-refractivity contribution in [1.29, 1.82) is 0 Å². The van der Waals surface area contributed by atoms with Gasteiger partial charge in [0, 0.05) is 22.6 Å². The van der Waals surface area contributed by atoms with Crippen LogP contribution in [0.3, 0.4) is 0 Å². The lowest BCUT2D eigenvalue weighted by molar-refractivity contribution is 0.617. The zero-order valence-corrected chi connectivity index (χ0v) is 15.4. The van der Waals surface area contributed by atoms with Gasteiger partial charge in [-0.2, -0.15) is 13.3 Å². The number of rotatable bonds is 3. The molecule has 0 aromatic rings. The lowest BCUT2D eigenvalue weighted by Crippen LogP contribution is -2.28. The third-order valence-corrected chi connectivity index (χ3v) is 17.2. The van der Waals surface area contributed by atoms with Gasteiger partial charge in [0.25, 0.3) is 0 Å². The Morgan fingerprint density at radius 1 is 0.684 bits per heavy atom. The van der Waals surface area contributed by atoms with Crippen LogP contribution in [0.4, 0.5) is 0 Å². The van der Waals surface area contributed by atoms with Crippen LogP contribution in [0.25, 0.3) is 0 Å². The highest BCUT2D eigenvalue weighted by molar-refractivity contribution is 7.82. The van der Waals surface area contributed by atoms with Crippen molar-refractivity contribution in [3.05, 3.63) is 13.3 Å². The molecule has 0 N–H and O–H groups in total. The summed E-state index contributed by atoms with van der Waals surface area (Å²) in [4.78, 5) is 0. The molecule has 4 atom stereocenters. The topological polar surface area (TPSA) is 0 Å². The molecule has 0 aliphatic carbocycles. The molecule has 2 rings (SSSR count). The van der Waals surface area contributed by atoms with Crippen molar-refractivity contribution in [2.75, 3.05) is 12.3 Å². The van der Waals surface area contributed by atoms with Gasteiger partial charge in [-0.3, -0.25) is 0 Å². The standard InChI is InChI=1S/C17H34P2/c1-14-8-7-9-15(2)18(14,5)12-13-19(6)16(3)10-11-17(19)4/h14-17H,5-13H2,1-4H3/t14-,15-,16+,17+/m0/s1. The Labute approximate surface area is 123 Å². The van der Waals surface area contributed by atoms with Crippen LogP contribution in [0.2, 0.25) is 0 Å². The molecule has 0 bridgehead atoms. The highest BCUT2D eigenvalue weighted by atomic mass is 31.2. The Bertz CT molecular complexity index is 292. The Morgan fingerprint density at radius 2 is 1.00 bits per heavy atom. The maximum Gasteiger partial charge on any atom is 0.0642 e. The zero-order valence-electron chi connectivity index (χ0n) is 13.6. The Hall–Kier alpha value is 0.860. The van der Waals surface area contributed by atoms with Gasteiger partial charge in [0.15, 0.2) is 0 Å². The molecule has 2 fully saturated rings. The summed E-state index contributed by atoms with van der Waals surface area (Å²) in [5.74, 6) is 0. The molecular weight excluding hydrogens is 266 g/mol. The minimum Gasteiger partial charge on any atom is -0.179 e. The molecule has 2 aliphatic heterocycles. The van der Waals surface area contributed by atoms with E-state index in [-0.39, 0.29) is 0 Å². The molecule has 0 spiro atoms. The van der Waals surface area contributed by atoms with Crippen molar-refractivity contribution in [2.24, 2.45) is 0 Å². The van der Waals surface area contributed by atoms with E-state index in [9.17, 15) is 0 Å². The first-order valence-corrected chi connectivity index (χ1v) is 12.8. The largest absolute Gasteiger partial charge is 0.179 e. The fourth-order valence-corrected chi connectivity index (χ4v) is 13.5. The van der Waals surface area contributed by atoms with Gasteiger partial charge in [-0.1, -0.05) is 0 Å². The van der Waals surface area contributed by atoms with Gasteiger partial charge >= 0.3 is 0 Å². The van der Waals surface area contributed by atoms with Crippen molar-refractivity contribution in [1.82, 2.24) is 0 Å². The van der Waals surface area contributed by atoms with Gasteiger partial charge in [-0.25, -0.2) is 0 Å². The highest BCUT2D eigenvalue weighted by Crippen LogP contribution is 2.76. The summed E-state index contributed by atoms with van der Waals surface area (Å²) in [6.45, 7) is 19.6. The molecule has 0 amide bonds. The first-order chi connectivity index (χ1) is 8.80. The SMILES string of the molecule is [CH2-][P+]1(CC[P+]2([CH2-])[C@@H](C)CCC[C@@H]2C)[C@H](C)CC[C@H]1C. The summed E-state index contributed by atoms with van der Waals surface area (Å²) in [5, 5.41) is 0. The summed E-state index contributed by atoms with van der Waals surface area (Å²) < 4.78 is 0. The minimum absolute atomic E-state index is 0.913. The Balaban J connectivity index is 2.04. The van der Waals surface area contributed by atoms with Crippen LogP contribution in [-0.4, -0.2) is 35.0 Å². The lowest BCUT2D eigenvalue weighted by Gasteiger charge is -2.47. The molecule has 2 heterocycles. The van der Waals surface area contributed by atoms with E-state index in [1.54, 1.807) is 0 Å². The van der Waals surface area contributed by atoms with Crippen LogP contribution in [0, 0.1) is 13.3 Å². The average molecular weight is 300 g/mol. The summed E-state index contributed by atoms with van der Waals surface area (Å²) in [6, 6.07) is 0. The fourth-order valence-electron chi connectivity index (χ4n) is 4.34. The van der Waals surface area contributed by atoms with Gasteiger partial charge in [0.2, 0.25) is 0 Å². The lowest BCUT2D eigenvalue weighted by atomic mass is 10.1. The van der Waals surface area contributed by atoms with Crippen LogP contribution < -0.4 is 0 Å². The third-order valence-electron chi connectivity index (χ3n) is 6.69. The van der Waals surface area contributed by atoms with E-state index in [1.165, 1.54) is 44.4 Å². The Kier molecular flexibility index (Phi) is 5.06. The Morgan fingerprint density at radius 3 is 1.37 bits per heavy atom. The summed E-state index contributed by atoms with van der Waals surface area (Å²) in [6.07, 6.45) is 10.1. The molecule has 2 aliphatic rings.